The zero-order valence-electron chi connectivity index (χ0n) is 21.3. The highest BCUT2D eigenvalue weighted by Gasteiger charge is 2.47. The lowest BCUT2D eigenvalue weighted by atomic mass is 9.73. The van der Waals surface area contributed by atoms with Crippen LogP contribution in [-0.4, -0.2) is 74.2 Å². The number of aromatic hydroxyl groups is 2. The smallest absolute Gasteiger partial charge is 0.471 e. The second kappa shape index (κ2) is 9.54. The number of aliphatic hydroxyl groups is 2. The monoisotopic (exact) mass is 565 g/mol. The molecule has 1 aliphatic heterocycles. The Labute approximate surface area is 225 Å². The van der Waals surface area contributed by atoms with Crippen molar-refractivity contribution < 1.29 is 57.5 Å². The molecule has 1 amide bonds. The molecule has 40 heavy (non-hydrogen) atoms. The number of amides is 1. The van der Waals surface area contributed by atoms with Gasteiger partial charge in [0.15, 0.2) is 17.9 Å². The topological polar surface area (TPSA) is 163 Å². The van der Waals surface area contributed by atoms with Gasteiger partial charge in [0.05, 0.1) is 41.1 Å². The molecule has 10 nitrogen and oxygen atoms in total. The first-order valence-corrected chi connectivity index (χ1v) is 12.5. The number of carbonyl (C=O) groups is 3. The lowest BCUT2D eigenvalue weighted by Gasteiger charge is -2.42. The third-order valence-corrected chi connectivity index (χ3v) is 7.56. The number of hydrogen-bond donors (Lipinski definition) is 5. The van der Waals surface area contributed by atoms with Gasteiger partial charge in [-0.15, -0.1) is 0 Å². The highest BCUT2D eigenvalue weighted by Crippen LogP contribution is 2.51. The molecule has 1 saturated heterocycles. The molecule has 0 aromatic heterocycles. The second-order valence-electron chi connectivity index (χ2n) is 10.6. The van der Waals surface area contributed by atoms with E-state index in [4.69, 9.17) is 9.47 Å². The fourth-order valence-corrected chi connectivity index (χ4v) is 5.73. The Morgan fingerprint density at radius 1 is 1.10 bits per heavy atom. The molecular weight excluding hydrogens is 539 g/mol. The summed E-state index contributed by atoms with van der Waals surface area (Å²) in [6.07, 6.45) is -11.1. The van der Waals surface area contributed by atoms with E-state index in [1.807, 2.05) is 0 Å². The van der Waals surface area contributed by atoms with E-state index in [1.165, 1.54) is 26.0 Å². The molecule has 3 aliphatic rings. The molecule has 1 heterocycles. The Kier molecular flexibility index (Phi) is 6.69. The molecule has 0 bridgehead atoms. The van der Waals surface area contributed by atoms with E-state index < -0.39 is 82.5 Å². The summed E-state index contributed by atoms with van der Waals surface area (Å²) < 4.78 is 49.7. The molecule has 1 fully saturated rings. The van der Waals surface area contributed by atoms with Gasteiger partial charge < -0.3 is 35.2 Å². The fourth-order valence-electron chi connectivity index (χ4n) is 5.73. The van der Waals surface area contributed by atoms with Gasteiger partial charge in [0, 0.05) is 41.5 Å². The number of halogens is 3. The van der Waals surface area contributed by atoms with Crippen LogP contribution in [0.1, 0.15) is 75.8 Å². The number of rotatable bonds is 3. The molecule has 5 N–H and O–H groups in total. The number of hydrogen-bond acceptors (Lipinski definition) is 9. The van der Waals surface area contributed by atoms with Crippen LogP contribution in [0.15, 0.2) is 24.3 Å². The van der Waals surface area contributed by atoms with Gasteiger partial charge in [-0.25, -0.2) is 0 Å². The number of nitrogens with one attached hydrogen (secondary N) is 1. The number of fused-ring (bicyclic) bond motifs is 3. The zero-order chi connectivity index (χ0) is 29.3. The van der Waals surface area contributed by atoms with E-state index in [-0.39, 0.29) is 41.5 Å². The maximum atomic E-state index is 13.3. The number of ether oxygens (including phenoxy) is 2. The largest absolute Gasteiger partial charge is 0.507 e. The third kappa shape index (κ3) is 4.62. The molecule has 2 aromatic rings. The fraction of sp³-hybridized carbons (Fsp3) is 0.444. The number of aliphatic hydroxyl groups excluding tert-OH is 1. The SMILES string of the molecule is C[C@@H]1O[C@@H](O[C@H]2C[C@@](C)(O)Cc3c(O)c4c(c(O)c32)C(=O)c2ccccc2C4=O)C[C@H](O)[C@@H]1NC(=O)C(F)(F)F. The van der Waals surface area contributed by atoms with Crippen molar-refractivity contribution in [2.45, 2.75) is 75.5 Å². The van der Waals surface area contributed by atoms with Gasteiger partial charge in [0.25, 0.3) is 0 Å². The molecule has 6 atom stereocenters. The van der Waals surface area contributed by atoms with Crippen LogP contribution in [0.2, 0.25) is 0 Å². The van der Waals surface area contributed by atoms with E-state index in [0.29, 0.717) is 0 Å². The van der Waals surface area contributed by atoms with Crippen molar-refractivity contribution in [2.24, 2.45) is 0 Å². The van der Waals surface area contributed by atoms with Crippen LogP contribution in [0.4, 0.5) is 13.2 Å². The molecule has 0 radical (unpaired) electrons. The molecular formula is C27H26F3NO9. The Morgan fingerprint density at radius 3 is 2.23 bits per heavy atom. The summed E-state index contributed by atoms with van der Waals surface area (Å²) in [6.45, 7) is 2.76. The Bertz CT molecular complexity index is 1410. The van der Waals surface area contributed by atoms with E-state index in [9.17, 15) is 48.0 Å². The van der Waals surface area contributed by atoms with Gasteiger partial charge in [-0.3, -0.25) is 14.4 Å². The lowest BCUT2D eigenvalue weighted by molar-refractivity contribution is -0.247. The van der Waals surface area contributed by atoms with Crippen LogP contribution in [0.3, 0.4) is 0 Å². The molecule has 0 saturated carbocycles. The van der Waals surface area contributed by atoms with Crippen molar-refractivity contribution in [1.82, 2.24) is 5.32 Å². The van der Waals surface area contributed by atoms with Gasteiger partial charge >= 0.3 is 12.1 Å². The Morgan fingerprint density at radius 2 is 1.68 bits per heavy atom. The van der Waals surface area contributed by atoms with Crippen LogP contribution in [-0.2, 0) is 20.7 Å². The molecule has 0 unspecified atom stereocenters. The maximum Gasteiger partial charge on any atom is 0.471 e. The van der Waals surface area contributed by atoms with Crippen LogP contribution >= 0.6 is 0 Å². The lowest BCUT2D eigenvalue weighted by Crippen LogP contribution is -2.58. The predicted molar refractivity (Wildman–Crippen MR) is 129 cm³/mol. The van der Waals surface area contributed by atoms with Crippen LogP contribution in [0, 0.1) is 0 Å². The normalized spacial score (nSPS) is 29.8. The third-order valence-electron chi connectivity index (χ3n) is 7.56. The molecule has 2 aromatic carbocycles. The van der Waals surface area contributed by atoms with E-state index in [2.05, 4.69) is 0 Å². The number of benzene rings is 2. The summed E-state index contributed by atoms with van der Waals surface area (Å²) in [4.78, 5) is 38.0. The van der Waals surface area contributed by atoms with Gasteiger partial charge in [0.2, 0.25) is 0 Å². The van der Waals surface area contributed by atoms with Gasteiger partial charge in [-0.05, 0) is 13.8 Å². The van der Waals surface area contributed by atoms with Gasteiger partial charge in [-0.2, -0.15) is 13.2 Å². The van der Waals surface area contributed by atoms with Crippen molar-refractivity contribution in [3.8, 4) is 11.5 Å². The molecule has 5 rings (SSSR count). The summed E-state index contributed by atoms with van der Waals surface area (Å²) in [5, 5.41) is 45.7. The van der Waals surface area contributed by atoms with Crippen molar-refractivity contribution in [3.05, 3.63) is 57.6 Å². The van der Waals surface area contributed by atoms with Crippen molar-refractivity contribution >= 4 is 17.5 Å². The van der Waals surface area contributed by atoms with Gasteiger partial charge in [-0.1, -0.05) is 24.3 Å². The summed E-state index contributed by atoms with van der Waals surface area (Å²) in [7, 11) is 0. The number of carbonyl (C=O) groups excluding carboxylic acids is 3. The number of phenols is 2. The standard InChI is InChI=1S/C27H26F3NO9/c1-10-20(31-25(37)27(28,29)30)14(32)7-16(39-10)40-15-9-26(2,38)8-13-17(15)24(36)19-18(23(13)35)21(33)11-5-3-4-6-12(11)22(19)34/h3-6,10,14-16,20,32,35-36,38H,7-9H2,1-2H3,(H,31,37)/t10-,14-,15-,16-,20+,26-/m0/s1. The number of phenolic OH excluding ortho intramolecular Hbond substituents is 2. The van der Waals surface area contributed by atoms with E-state index in [1.54, 1.807) is 17.4 Å². The Balaban J connectivity index is 1.49. The first kappa shape index (κ1) is 28.0. The highest BCUT2D eigenvalue weighted by molar-refractivity contribution is 6.30. The molecule has 214 valence electrons. The van der Waals surface area contributed by atoms with Crippen molar-refractivity contribution in [2.75, 3.05) is 0 Å². The molecule has 0 spiro atoms. The van der Waals surface area contributed by atoms with E-state index in [0.717, 1.165) is 0 Å². The molecule has 2 aliphatic carbocycles. The zero-order valence-corrected chi connectivity index (χ0v) is 21.3. The van der Waals surface area contributed by atoms with Crippen molar-refractivity contribution in [1.29, 1.82) is 0 Å². The summed E-state index contributed by atoms with van der Waals surface area (Å²) in [6, 6.07) is 4.54. The second-order valence-corrected chi connectivity index (χ2v) is 10.6. The molecule has 13 heteroatoms. The average molecular weight is 565 g/mol. The van der Waals surface area contributed by atoms with Crippen LogP contribution in [0.25, 0.3) is 0 Å². The Hall–Kier alpha value is -3.52. The number of alkyl halides is 3. The highest BCUT2D eigenvalue weighted by atomic mass is 19.4. The van der Waals surface area contributed by atoms with Crippen LogP contribution in [0.5, 0.6) is 11.5 Å². The minimum Gasteiger partial charge on any atom is -0.507 e. The van der Waals surface area contributed by atoms with Gasteiger partial charge in [0.1, 0.15) is 11.5 Å². The number of ketones is 2. The quantitative estimate of drug-likeness (QED) is 0.300. The van der Waals surface area contributed by atoms with E-state index >= 15 is 0 Å². The first-order chi connectivity index (χ1) is 18.6. The summed E-state index contributed by atoms with van der Waals surface area (Å²) in [5.41, 5.74) is -2.30. The minimum atomic E-state index is -5.16. The van der Waals surface area contributed by atoms with Crippen LogP contribution < -0.4 is 5.32 Å². The van der Waals surface area contributed by atoms with Crippen molar-refractivity contribution in [3.63, 3.8) is 0 Å². The average Bonchev–Trinajstić information content (AvgIpc) is 2.85. The first-order valence-electron chi connectivity index (χ1n) is 12.5. The maximum absolute atomic E-state index is 13.3. The summed E-state index contributed by atoms with van der Waals surface area (Å²) >= 11 is 0. The minimum absolute atomic E-state index is 0.0160. The predicted octanol–water partition coefficient (Wildman–Crippen LogP) is 2.17. The summed E-state index contributed by atoms with van der Waals surface area (Å²) in [5.74, 6) is -4.82.